The number of anilines is 1. The zero-order valence-corrected chi connectivity index (χ0v) is 19.4. The molecule has 168 valence electrons. The molecule has 0 unspecified atom stereocenters. The summed E-state index contributed by atoms with van der Waals surface area (Å²) in [7, 11) is 0. The first-order chi connectivity index (χ1) is 16.5. The number of amides is 1. The second-order valence-corrected chi connectivity index (χ2v) is 9.35. The Morgan fingerprint density at radius 1 is 0.912 bits per heavy atom. The highest BCUT2D eigenvalue weighted by molar-refractivity contribution is 7.14. The van der Waals surface area contributed by atoms with Gasteiger partial charge in [0.25, 0.3) is 0 Å². The molecule has 0 saturated carbocycles. The van der Waals surface area contributed by atoms with Crippen LogP contribution in [0.5, 0.6) is 5.88 Å². The van der Waals surface area contributed by atoms with Gasteiger partial charge in [0.15, 0.2) is 0 Å². The van der Waals surface area contributed by atoms with E-state index in [2.05, 4.69) is 5.32 Å². The van der Waals surface area contributed by atoms with Crippen molar-refractivity contribution in [2.24, 2.45) is 0 Å². The summed E-state index contributed by atoms with van der Waals surface area (Å²) >= 11 is 7.58. The maximum absolute atomic E-state index is 13.5. The second-order valence-electron chi connectivity index (χ2n) is 7.75. The number of ketones is 1. The van der Waals surface area contributed by atoms with Crippen LogP contribution in [0.25, 0.3) is 10.9 Å². The first-order valence-electron chi connectivity index (χ1n) is 10.6. The number of aromatic hydroxyl groups is 1. The summed E-state index contributed by atoms with van der Waals surface area (Å²) in [6.07, 6.45) is 0.706. The molecule has 2 heterocycles. The lowest BCUT2D eigenvalue weighted by atomic mass is 10.1. The van der Waals surface area contributed by atoms with Crippen molar-refractivity contribution in [3.05, 3.63) is 117 Å². The topological polar surface area (TPSA) is 71.3 Å². The Balaban J connectivity index is 1.53. The van der Waals surface area contributed by atoms with E-state index in [9.17, 15) is 14.7 Å². The SMILES string of the molecule is O=C(c1ccc(Cc2ccccc2)s1)c1c(O)n(C(=O)Nc2ccccc2)c2ccc(Cl)cc12. The lowest BCUT2D eigenvalue weighted by Crippen LogP contribution is -2.19. The Morgan fingerprint density at radius 2 is 1.62 bits per heavy atom. The molecule has 2 aromatic heterocycles. The number of carbonyl (C=O) groups excluding carboxylic acids is 2. The van der Waals surface area contributed by atoms with E-state index >= 15 is 0 Å². The molecule has 0 aliphatic heterocycles. The lowest BCUT2D eigenvalue weighted by molar-refractivity contribution is 0.104. The molecule has 0 aliphatic rings. The summed E-state index contributed by atoms with van der Waals surface area (Å²) in [6.45, 7) is 0. The number of para-hydroxylation sites is 1. The fraction of sp³-hybridized carbons (Fsp3) is 0.0370. The highest BCUT2D eigenvalue weighted by Crippen LogP contribution is 2.36. The molecule has 34 heavy (non-hydrogen) atoms. The minimum atomic E-state index is -0.578. The van der Waals surface area contributed by atoms with E-state index in [1.54, 1.807) is 48.5 Å². The van der Waals surface area contributed by atoms with Crippen LogP contribution in [-0.4, -0.2) is 21.5 Å². The van der Waals surface area contributed by atoms with Crippen molar-refractivity contribution in [2.75, 3.05) is 5.32 Å². The minimum Gasteiger partial charge on any atom is -0.494 e. The summed E-state index contributed by atoms with van der Waals surface area (Å²) in [5, 5.41) is 14.6. The van der Waals surface area contributed by atoms with Crippen molar-refractivity contribution in [3.8, 4) is 5.88 Å². The molecule has 0 atom stereocenters. The average molecular weight is 487 g/mol. The standard InChI is InChI=1S/C27H19ClN2O3S/c28-18-11-13-22-21(16-18)24(26(32)30(22)27(33)29-19-9-5-2-6-10-19)25(31)23-14-12-20(34-23)15-17-7-3-1-4-8-17/h1-14,16,32H,15H2,(H,29,33). The minimum absolute atomic E-state index is 0.0498. The van der Waals surface area contributed by atoms with Crippen molar-refractivity contribution >= 4 is 51.3 Å². The molecule has 1 amide bonds. The normalized spacial score (nSPS) is 11.0. The molecule has 0 fully saturated rings. The van der Waals surface area contributed by atoms with Crippen LogP contribution in [0.15, 0.2) is 91.0 Å². The zero-order chi connectivity index (χ0) is 23.7. The Hall–Kier alpha value is -3.87. The Kier molecular flexibility index (Phi) is 5.92. The molecule has 0 saturated heterocycles. The van der Waals surface area contributed by atoms with Gasteiger partial charge in [-0.1, -0.05) is 60.1 Å². The van der Waals surface area contributed by atoms with Gasteiger partial charge in [-0.05, 0) is 48.0 Å². The summed E-state index contributed by atoms with van der Waals surface area (Å²) in [5.74, 6) is -0.783. The number of fused-ring (bicyclic) bond motifs is 1. The molecule has 5 aromatic rings. The number of thiophene rings is 1. The first-order valence-corrected chi connectivity index (χ1v) is 11.8. The summed E-state index contributed by atoms with van der Waals surface area (Å²) < 4.78 is 1.10. The molecule has 5 rings (SSSR count). The maximum atomic E-state index is 13.5. The van der Waals surface area contributed by atoms with Crippen LogP contribution in [0.4, 0.5) is 10.5 Å². The molecular weight excluding hydrogens is 468 g/mol. The third-order valence-electron chi connectivity index (χ3n) is 5.47. The van der Waals surface area contributed by atoms with Crippen LogP contribution < -0.4 is 5.32 Å². The molecule has 0 radical (unpaired) electrons. The predicted octanol–water partition coefficient (Wildman–Crippen LogP) is 6.96. The number of halogens is 1. The van der Waals surface area contributed by atoms with E-state index in [4.69, 9.17) is 11.6 Å². The van der Waals surface area contributed by atoms with Crippen LogP contribution in [0.2, 0.25) is 5.02 Å². The number of nitrogens with zero attached hydrogens (tertiary/aromatic N) is 1. The number of carbonyl (C=O) groups is 2. The van der Waals surface area contributed by atoms with E-state index in [-0.39, 0.29) is 11.3 Å². The molecule has 0 bridgehead atoms. The summed E-state index contributed by atoms with van der Waals surface area (Å²) in [6, 6.07) is 26.8. The largest absolute Gasteiger partial charge is 0.494 e. The monoisotopic (exact) mass is 486 g/mol. The van der Waals surface area contributed by atoms with Crippen molar-refractivity contribution in [1.29, 1.82) is 0 Å². The third kappa shape index (κ3) is 4.21. The van der Waals surface area contributed by atoms with Crippen molar-refractivity contribution in [2.45, 2.75) is 6.42 Å². The molecule has 5 nitrogen and oxygen atoms in total. The first kappa shape index (κ1) is 21.9. The van der Waals surface area contributed by atoms with Crippen molar-refractivity contribution in [1.82, 2.24) is 4.57 Å². The summed E-state index contributed by atoms with van der Waals surface area (Å²) in [5.41, 5.74) is 2.15. The highest BCUT2D eigenvalue weighted by Gasteiger charge is 2.27. The van der Waals surface area contributed by atoms with Crippen LogP contribution in [-0.2, 0) is 6.42 Å². The van der Waals surface area contributed by atoms with Gasteiger partial charge in [-0.3, -0.25) is 4.79 Å². The van der Waals surface area contributed by atoms with Gasteiger partial charge < -0.3 is 10.4 Å². The van der Waals surface area contributed by atoms with Gasteiger partial charge >= 0.3 is 6.03 Å². The van der Waals surface area contributed by atoms with Crippen molar-refractivity contribution < 1.29 is 14.7 Å². The Labute approximate surface area is 204 Å². The van der Waals surface area contributed by atoms with Gasteiger partial charge in [-0.2, -0.15) is 0 Å². The average Bonchev–Trinajstić information content (AvgIpc) is 3.41. The van der Waals surface area contributed by atoms with Gasteiger partial charge in [0.05, 0.1) is 16.0 Å². The summed E-state index contributed by atoms with van der Waals surface area (Å²) in [4.78, 5) is 28.1. The molecule has 3 aromatic carbocycles. The second kappa shape index (κ2) is 9.17. The lowest BCUT2D eigenvalue weighted by Gasteiger charge is -2.08. The quantitative estimate of drug-likeness (QED) is 0.264. The van der Waals surface area contributed by atoms with Crippen molar-refractivity contribution in [3.63, 3.8) is 0 Å². The number of hydrogen-bond acceptors (Lipinski definition) is 4. The van der Waals surface area contributed by atoms with Gasteiger partial charge in [0.2, 0.25) is 11.7 Å². The van der Waals surface area contributed by atoms with Crippen LogP contribution in [0, 0.1) is 0 Å². The molecule has 0 aliphatic carbocycles. The molecule has 7 heteroatoms. The van der Waals surface area contributed by atoms with Crippen LogP contribution >= 0.6 is 22.9 Å². The van der Waals surface area contributed by atoms with E-state index < -0.39 is 11.9 Å². The number of hydrogen-bond donors (Lipinski definition) is 2. The van der Waals surface area contributed by atoms with Crippen LogP contribution in [0.3, 0.4) is 0 Å². The number of nitrogens with one attached hydrogen (secondary N) is 1. The Bertz CT molecular complexity index is 1510. The van der Waals surface area contributed by atoms with Gasteiger partial charge in [-0.25, -0.2) is 9.36 Å². The smallest absolute Gasteiger partial charge is 0.333 e. The van der Waals surface area contributed by atoms with E-state index in [1.807, 2.05) is 42.5 Å². The Morgan fingerprint density at radius 3 is 2.35 bits per heavy atom. The van der Waals surface area contributed by atoms with Gasteiger partial charge in [0, 0.05) is 27.4 Å². The van der Waals surface area contributed by atoms with Gasteiger partial charge in [0.1, 0.15) is 0 Å². The van der Waals surface area contributed by atoms with E-state index in [1.165, 1.54) is 11.3 Å². The molecule has 0 spiro atoms. The number of rotatable bonds is 5. The number of aromatic nitrogens is 1. The predicted molar refractivity (Wildman–Crippen MR) is 136 cm³/mol. The van der Waals surface area contributed by atoms with Gasteiger partial charge in [-0.15, -0.1) is 11.3 Å². The number of benzene rings is 3. The fourth-order valence-electron chi connectivity index (χ4n) is 3.90. The van der Waals surface area contributed by atoms with Crippen LogP contribution in [0.1, 0.15) is 25.7 Å². The zero-order valence-electron chi connectivity index (χ0n) is 17.9. The molecule has 2 N–H and O–H groups in total. The fourth-order valence-corrected chi connectivity index (χ4v) is 5.06. The van der Waals surface area contributed by atoms with E-state index in [0.717, 1.165) is 15.0 Å². The maximum Gasteiger partial charge on any atom is 0.333 e. The molecular formula is C27H19ClN2O3S. The highest BCUT2D eigenvalue weighted by atomic mass is 35.5. The van der Waals surface area contributed by atoms with E-state index in [0.29, 0.717) is 32.9 Å². The third-order valence-corrected chi connectivity index (χ3v) is 6.79.